The number of methoxy groups -OCH3 is 1. The molecule has 7 heteroatoms. The summed E-state index contributed by atoms with van der Waals surface area (Å²) in [7, 11) is 3.33. The molecule has 1 N–H and O–H groups in total. The van der Waals surface area contributed by atoms with Crippen LogP contribution in [0.3, 0.4) is 0 Å². The van der Waals surface area contributed by atoms with Gasteiger partial charge in [0.15, 0.2) is 0 Å². The van der Waals surface area contributed by atoms with Crippen LogP contribution in [-0.2, 0) is 7.05 Å². The molecular formula is C25H25FN4O2. The van der Waals surface area contributed by atoms with E-state index < -0.39 is 5.82 Å². The predicted octanol–water partition coefficient (Wildman–Crippen LogP) is 3.99. The average Bonchev–Trinajstić information content (AvgIpc) is 3.10. The minimum absolute atomic E-state index is 0.0429. The Morgan fingerprint density at radius 2 is 1.91 bits per heavy atom. The first-order valence-electron chi connectivity index (χ1n) is 10.7. The monoisotopic (exact) mass is 432 g/mol. The van der Waals surface area contributed by atoms with Crippen LogP contribution >= 0.6 is 0 Å². The van der Waals surface area contributed by atoms with Crippen LogP contribution in [0.1, 0.15) is 36.6 Å². The molecule has 0 bridgehead atoms. The smallest absolute Gasteiger partial charge is 0.261 e. The van der Waals surface area contributed by atoms with Gasteiger partial charge >= 0.3 is 0 Å². The van der Waals surface area contributed by atoms with E-state index in [-0.39, 0.29) is 17.0 Å². The van der Waals surface area contributed by atoms with E-state index in [4.69, 9.17) is 15.0 Å². The van der Waals surface area contributed by atoms with Gasteiger partial charge in [0.25, 0.3) is 5.56 Å². The highest BCUT2D eigenvalue weighted by Gasteiger charge is 2.24. The fourth-order valence-corrected chi connectivity index (χ4v) is 4.24. The number of benzene rings is 2. The Bertz CT molecular complexity index is 1220. The summed E-state index contributed by atoms with van der Waals surface area (Å²) >= 11 is 0. The van der Waals surface area contributed by atoms with Gasteiger partial charge in [0.1, 0.15) is 23.5 Å². The standard InChI is InChI=1S/C25H25FN4O2/c1-30-24(17-4-3-12-28-13-11-17)29-23(18-5-6-19(15-27)21(26)14-18)22(25(30)31)16-7-9-20(32-2)10-8-16/h5-10,14,17,28H,3-4,11-13H2,1-2H3. The van der Waals surface area contributed by atoms with Crippen molar-refractivity contribution in [1.29, 1.82) is 5.26 Å². The number of nitrogens with zero attached hydrogens (tertiary/aromatic N) is 3. The highest BCUT2D eigenvalue weighted by Crippen LogP contribution is 2.33. The molecule has 0 saturated carbocycles. The number of aromatic nitrogens is 2. The minimum Gasteiger partial charge on any atom is -0.497 e. The van der Waals surface area contributed by atoms with Crippen molar-refractivity contribution in [3.05, 3.63) is 70.0 Å². The largest absolute Gasteiger partial charge is 0.497 e. The molecule has 2 heterocycles. The molecule has 1 aliphatic rings. The second-order valence-electron chi connectivity index (χ2n) is 7.97. The zero-order chi connectivity index (χ0) is 22.7. The molecular weight excluding hydrogens is 407 g/mol. The van der Waals surface area contributed by atoms with E-state index in [9.17, 15) is 9.18 Å². The van der Waals surface area contributed by atoms with E-state index in [2.05, 4.69) is 5.32 Å². The van der Waals surface area contributed by atoms with Gasteiger partial charge in [-0.05, 0) is 62.2 Å². The maximum absolute atomic E-state index is 14.5. The molecule has 164 valence electrons. The Labute approximate surface area is 186 Å². The Morgan fingerprint density at radius 1 is 1.16 bits per heavy atom. The number of hydrogen-bond donors (Lipinski definition) is 1. The van der Waals surface area contributed by atoms with Crippen molar-refractivity contribution in [2.24, 2.45) is 7.05 Å². The van der Waals surface area contributed by atoms with Crippen molar-refractivity contribution < 1.29 is 9.13 Å². The number of nitrogens with one attached hydrogen (secondary N) is 1. The van der Waals surface area contributed by atoms with Gasteiger partial charge in [0.05, 0.1) is 23.9 Å². The summed E-state index contributed by atoms with van der Waals surface area (Å²) in [6.45, 7) is 1.81. The van der Waals surface area contributed by atoms with Crippen molar-refractivity contribution >= 4 is 0 Å². The third-order valence-electron chi connectivity index (χ3n) is 6.01. The summed E-state index contributed by atoms with van der Waals surface area (Å²) in [4.78, 5) is 18.5. The van der Waals surface area contributed by atoms with E-state index in [0.29, 0.717) is 34.0 Å². The van der Waals surface area contributed by atoms with Gasteiger partial charge in [0, 0.05) is 18.5 Å². The van der Waals surface area contributed by atoms with Gasteiger partial charge in [-0.25, -0.2) is 9.37 Å². The highest BCUT2D eigenvalue weighted by atomic mass is 19.1. The van der Waals surface area contributed by atoms with Crippen LogP contribution in [0.15, 0.2) is 47.3 Å². The van der Waals surface area contributed by atoms with Crippen molar-refractivity contribution in [2.75, 3.05) is 20.2 Å². The third kappa shape index (κ3) is 4.14. The second kappa shape index (κ2) is 9.33. The van der Waals surface area contributed by atoms with Crippen LogP contribution < -0.4 is 15.6 Å². The average molecular weight is 432 g/mol. The first kappa shape index (κ1) is 21.7. The van der Waals surface area contributed by atoms with Crippen LogP contribution in [0.2, 0.25) is 0 Å². The van der Waals surface area contributed by atoms with Crippen LogP contribution in [0.4, 0.5) is 4.39 Å². The normalized spacial score (nSPS) is 16.2. The van der Waals surface area contributed by atoms with Gasteiger partial charge in [-0.1, -0.05) is 18.2 Å². The summed E-state index contributed by atoms with van der Waals surface area (Å²) in [5.41, 5.74) is 1.74. The fraction of sp³-hybridized carbons (Fsp3) is 0.320. The molecule has 32 heavy (non-hydrogen) atoms. The molecule has 0 spiro atoms. The Balaban J connectivity index is 1.95. The molecule has 0 radical (unpaired) electrons. The van der Waals surface area contributed by atoms with Crippen molar-refractivity contribution in [1.82, 2.24) is 14.9 Å². The molecule has 1 fully saturated rings. The Hall–Kier alpha value is -3.50. The molecule has 1 atom stereocenters. The van der Waals surface area contributed by atoms with Gasteiger partial charge < -0.3 is 10.1 Å². The van der Waals surface area contributed by atoms with Crippen LogP contribution in [0.25, 0.3) is 22.4 Å². The molecule has 1 saturated heterocycles. The Morgan fingerprint density at radius 3 is 2.59 bits per heavy atom. The number of halogens is 1. The van der Waals surface area contributed by atoms with E-state index in [1.165, 1.54) is 12.1 Å². The molecule has 1 unspecified atom stereocenters. The molecule has 1 aromatic heterocycles. The topological polar surface area (TPSA) is 79.9 Å². The highest BCUT2D eigenvalue weighted by molar-refractivity contribution is 5.80. The maximum Gasteiger partial charge on any atom is 0.261 e. The zero-order valence-electron chi connectivity index (χ0n) is 18.2. The molecule has 0 aliphatic carbocycles. The first-order chi connectivity index (χ1) is 15.5. The Kier molecular flexibility index (Phi) is 6.33. The lowest BCUT2D eigenvalue weighted by Crippen LogP contribution is -2.27. The minimum atomic E-state index is -0.631. The number of rotatable bonds is 4. The van der Waals surface area contributed by atoms with Gasteiger partial charge in [-0.15, -0.1) is 0 Å². The molecule has 6 nitrogen and oxygen atoms in total. The molecule has 2 aromatic carbocycles. The summed E-state index contributed by atoms with van der Waals surface area (Å²) in [6.07, 6.45) is 2.81. The van der Waals surface area contributed by atoms with Gasteiger partial charge in [-0.3, -0.25) is 9.36 Å². The lowest BCUT2D eigenvalue weighted by atomic mass is 9.96. The van der Waals surface area contributed by atoms with E-state index in [1.54, 1.807) is 49.1 Å². The quantitative estimate of drug-likeness (QED) is 0.674. The van der Waals surface area contributed by atoms with Crippen molar-refractivity contribution in [3.8, 4) is 34.2 Å². The fourth-order valence-electron chi connectivity index (χ4n) is 4.24. The summed E-state index contributed by atoms with van der Waals surface area (Å²) in [6, 6.07) is 13.4. The second-order valence-corrected chi connectivity index (χ2v) is 7.97. The summed E-state index contributed by atoms with van der Waals surface area (Å²) in [5.74, 6) is 0.880. The first-order valence-corrected chi connectivity index (χ1v) is 10.7. The SMILES string of the molecule is COc1ccc(-c2c(-c3ccc(C#N)c(F)c3)nc(C3CCCNCC3)n(C)c2=O)cc1. The van der Waals surface area contributed by atoms with Crippen LogP contribution in [-0.4, -0.2) is 29.8 Å². The van der Waals surface area contributed by atoms with Crippen molar-refractivity contribution in [3.63, 3.8) is 0 Å². The molecule has 0 amide bonds. The predicted molar refractivity (Wildman–Crippen MR) is 121 cm³/mol. The molecule has 3 aromatic rings. The number of nitriles is 1. The van der Waals surface area contributed by atoms with Crippen LogP contribution in [0.5, 0.6) is 5.75 Å². The summed E-state index contributed by atoms with van der Waals surface area (Å²) < 4.78 is 21.4. The van der Waals surface area contributed by atoms with Gasteiger partial charge in [0.2, 0.25) is 0 Å². The third-order valence-corrected chi connectivity index (χ3v) is 6.01. The van der Waals surface area contributed by atoms with E-state index >= 15 is 0 Å². The number of ether oxygens (including phenoxy) is 1. The van der Waals surface area contributed by atoms with E-state index in [0.717, 1.165) is 32.4 Å². The zero-order valence-corrected chi connectivity index (χ0v) is 18.2. The lowest BCUT2D eigenvalue weighted by Gasteiger charge is -2.20. The summed E-state index contributed by atoms with van der Waals surface area (Å²) in [5, 5.41) is 12.5. The van der Waals surface area contributed by atoms with E-state index in [1.807, 2.05) is 6.07 Å². The van der Waals surface area contributed by atoms with Crippen LogP contribution in [0, 0.1) is 17.1 Å². The number of hydrogen-bond acceptors (Lipinski definition) is 5. The maximum atomic E-state index is 14.5. The molecule has 1 aliphatic heterocycles. The van der Waals surface area contributed by atoms with Gasteiger partial charge in [-0.2, -0.15) is 5.26 Å². The van der Waals surface area contributed by atoms with Crippen molar-refractivity contribution in [2.45, 2.75) is 25.2 Å². The molecule has 4 rings (SSSR count). The lowest BCUT2D eigenvalue weighted by molar-refractivity contribution is 0.415.